The summed E-state index contributed by atoms with van der Waals surface area (Å²) >= 11 is 1.64. The van der Waals surface area contributed by atoms with Crippen LogP contribution in [0.5, 0.6) is 0 Å². The highest BCUT2D eigenvalue weighted by atomic mass is 127. The first-order valence-electron chi connectivity index (χ1n) is 10.1. The number of guanidine groups is 1. The Labute approximate surface area is 203 Å². The molecule has 162 valence electrons. The third kappa shape index (κ3) is 6.04. The molecule has 3 aromatic rings. The molecule has 1 aliphatic heterocycles. The average Bonchev–Trinajstić information content (AvgIpc) is 3.44. The van der Waals surface area contributed by atoms with Crippen molar-refractivity contribution in [3.05, 3.63) is 70.5 Å². The summed E-state index contributed by atoms with van der Waals surface area (Å²) in [5.41, 5.74) is 4.23. The van der Waals surface area contributed by atoms with Crippen LogP contribution in [0.1, 0.15) is 23.4 Å². The predicted octanol–water partition coefficient (Wildman–Crippen LogP) is 4.42. The van der Waals surface area contributed by atoms with E-state index >= 15 is 0 Å². The van der Waals surface area contributed by atoms with Crippen molar-refractivity contribution in [3.63, 3.8) is 0 Å². The second-order valence-corrected chi connectivity index (χ2v) is 8.03. The van der Waals surface area contributed by atoms with Crippen molar-refractivity contribution < 1.29 is 4.79 Å². The number of carbonyl (C=O) groups is 1. The van der Waals surface area contributed by atoms with Crippen LogP contribution in [0.25, 0.3) is 11.3 Å². The summed E-state index contributed by atoms with van der Waals surface area (Å²) < 4.78 is 0. The van der Waals surface area contributed by atoms with E-state index in [9.17, 15) is 4.79 Å². The molecule has 6 nitrogen and oxygen atoms in total. The van der Waals surface area contributed by atoms with Gasteiger partial charge in [-0.25, -0.2) is 4.98 Å². The number of aliphatic imine (C=N–C) groups is 1. The minimum Gasteiger partial charge on any atom is -0.352 e. The molecule has 1 amide bonds. The van der Waals surface area contributed by atoms with Gasteiger partial charge in [0.15, 0.2) is 5.96 Å². The Kier molecular flexibility index (Phi) is 8.42. The van der Waals surface area contributed by atoms with Crippen LogP contribution >= 0.6 is 35.3 Å². The molecule has 2 N–H and O–H groups in total. The second kappa shape index (κ2) is 11.2. The van der Waals surface area contributed by atoms with Crippen LogP contribution in [0.4, 0.5) is 5.69 Å². The second-order valence-electron chi connectivity index (χ2n) is 7.09. The Morgan fingerprint density at radius 1 is 1.10 bits per heavy atom. The number of rotatable bonds is 6. The Morgan fingerprint density at radius 2 is 1.84 bits per heavy atom. The molecule has 1 saturated heterocycles. The number of carbonyl (C=O) groups excluding carboxylic acids is 1. The normalized spacial score (nSPS) is 13.8. The molecule has 0 unspecified atom stereocenters. The van der Waals surface area contributed by atoms with Gasteiger partial charge in [-0.15, -0.1) is 35.3 Å². The monoisotopic (exact) mass is 547 g/mol. The van der Waals surface area contributed by atoms with Crippen LogP contribution in [-0.4, -0.2) is 30.4 Å². The molecule has 2 heterocycles. The lowest BCUT2D eigenvalue weighted by molar-refractivity contribution is -0.117. The van der Waals surface area contributed by atoms with Crippen molar-refractivity contribution in [1.82, 2.24) is 15.6 Å². The number of amides is 1. The largest absolute Gasteiger partial charge is 0.352 e. The number of hydrogen-bond acceptors (Lipinski definition) is 4. The summed E-state index contributed by atoms with van der Waals surface area (Å²) in [7, 11) is 1.76. The SMILES string of the molecule is CN=C(NCc1ccc(N2CCCC2=O)cc1)NCc1nc(-c2ccccc2)cs1.I. The minimum absolute atomic E-state index is 0. The molecule has 1 aliphatic rings. The molecule has 0 spiro atoms. The number of benzene rings is 2. The van der Waals surface area contributed by atoms with Gasteiger partial charge in [0.25, 0.3) is 0 Å². The summed E-state index contributed by atoms with van der Waals surface area (Å²) in [5, 5.41) is 9.73. The molecule has 0 radical (unpaired) electrons. The fraction of sp³-hybridized carbons (Fsp3) is 0.261. The van der Waals surface area contributed by atoms with Crippen molar-refractivity contribution in [2.45, 2.75) is 25.9 Å². The number of nitrogens with one attached hydrogen (secondary N) is 2. The van der Waals surface area contributed by atoms with Crippen LogP contribution in [0, 0.1) is 0 Å². The molecule has 0 atom stereocenters. The number of anilines is 1. The molecule has 4 rings (SSSR count). The first kappa shape index (κ1) is 23.2. The lowest BCUT2D eigenvalue weighted by Crippen LogP contribution is -2.36. The molecule has 0 aliphatic carbocycles. The van der Waals surface area contributed by atoms with E-state index in [0.717, 1.165) is 46.4 Å². The number of hydrogen-bond donors (Lipinski definition) is 2. The summed E-state index contributed by atoms with van der Waals surface area (Å²) in [6.45, 7) is 2.09. The van der Waals surface area contributed by atoms with Crippen molar-refractivity contribution in [2.75, 3.05) is 18.5 Å². The number of halogens is 1. The van der Waals surface area contributed by atoms with E-state index in [4.69, 9.17) is 4.98 Å². The zero-order valence-electron chi connectivity index (χ0n) is 17.4. The lowest BCUT2D eigenvalue weighted by Gasteiger charge is -2.16. The maximum absolute atomic E-state index is 11.9. The van der Waals surface area contributed by atoms with Crippen LogP contribution in [-0.2, 0) is 17.9 Å². The van der Waals surface area contributed by atoms with Gasteiger partial charge in [0.1, 0.15) is 5.01 Å². The van der Waals surface area contributed by atoms with E-state index in [0.29, 0.717) is 19.5 Å². The lowest BCUT2D eigenvalue weighted by atomic mass is 10.2. The maximum atomic E-state index is 11.9. The van der Waals surface area contributed by atoms with Crippen LogP contribution in [0.2, 0.25) is 0 Å². The van der Waals surface area contributed by atoms with Gasteiger partial charge >= 0.3 is 0 Å². The Morgan fingerprint density at radius 3 is 2.52 bits per heavy atom. The molecule has 1 fully saturated rings. The first-order valence-corrected chi connectivity index (χ1v) is 10.9. The zero-order chi connectivity index (χ0) is 20.8. The quantitative estimate of drug-likeness (QED) is 0.273. The van der Waals surface area contributed by atoms with E-state index in [2.05, 4.69) is 33.1 Å². The van der Waals surface area contributed by atoms with Crippen molar-refractivity contribution in [1.29, 1.82) is 0 Å². The highest BCUT2D eigenvalue weighted by Gasteiger charge is 2.21. The molecule has 0 saturated carbocycles. The van der Waals surface area contributed by atoms with Gasteiger partial charge < -0.3 is 15.5 Å². The van der Waals surface area contributed by atoms with Gasteiger partial charge in [-0.3, -0.25) is 9.79 Å². The van der Waals surface area contributed by atoms with Crippen LogP contribution < -0.4 is 15.5 Å². The highest BCUT2D eigenvalue weighted by Crippen LogP contribution is 2.22. The molecule has 0 bridgehead atoms. The molecular weight excluding hydrogens is 521 g/mol. The van der Waals surface area contributed by atoms with E-state index in [1.807, 2.05) is 47.4 Å². The smallest absolute Gasteiger partial charge is 0.227 e. The van der Waals surface area contributed by atoms with Gasteiger partial charge in [-0.2, -0.15) is 0 Å². The van der Waals surface area contributed by atoms with Crippen molar-refractivity contribution in [3.8, 4) is 11.3 Å². The minimum atomic E-state index is 0. The zero-order valence-corrected chi connectivity index (χ0v) is 20.5. The molecule has 8 heteroatoms. The van der Waals surface area contributed by atoms with Gasteiger partial charge in [-0.1, -0.05) is 42.5 Å². The maximum Gasteiger partial charge on any atom is 0.227 e. The van der Waals surface area contributed by atoms with E-state index in [1.54, 1.807) is 18.4 Å². The number of thiazole rings is 1. The van der Waals surface area contributed by atoms with E-state index in [1.165, 1.54) is 0 Å². The predicted molar refractivity (Wildman–Crippen MR) is 138 cm³/mol. The standard InChI is InChI=1S/C23H25N5OS.HI/c1-24-23(26-15-21-27-20(16-30-21)18-6-3-2-4-7-18)25-14-17-9-11-19(12-10-17)28-13-5-8-22(28)29;/h2-4,6-7,9-12,16H,5,8,13-15H2,1H3,(H2,24,25,26);1H. The van der Waals surface area contributed by atoms with Crippen LogP contribution in [0.3, 0.4) is 0 Å². The average molecular weight is 547 g/mol. The fourth-order valence-corrected chi connectivity index (χ4v) is 4.16. The topological polar surface area (TPSA) is 69.6 Å². The molecule has 31 heavy (non-hydrogen) atoms. The Balaban J connectivity index is 0.00000272. The summed E-state index contributed by atoms with van der Waals surface area (Å²) in [4.78, 5) is 22.7. The summed E-state index contributed by atoms with van der Waals surface area (Å²) in [6.07, 6.45) is 1.59. The summed E-state index contributed by atoms with van der Waals surface area (Å²) in [6, 6.07) is 18.3. The van der Waals surface area contributed by atoms with Crippen LogP contribution in [0.15, 0.2) is 65.0 Å². The fourth-order valence-electron chi connectivity index (χ4n) is 3.41. The molecule has 2 aromatic carbocycles. The number of nitrogens with zero attached hydrogens (tertiary/aromatic N) is 3. The highest BCUT2D eigenvalue weighted by molar-refractivity contribution is 14.0. The number of aromatic nitrogens is 1. The molecular formula is C23H26IN5OS. The third-order valence-electron chi connectivity index (χ3n) is 5.03. The molecule has 1 aromatic heterocycles. The van der Waals surface area contributed by atoms with Crippen molar-refractivity contribution >= 4 is 52.9 Å². The van der Waals surface area contributed by atoms with Crippen molar-refractivity contribution in [2.24, 2.45) is 4.99 Å². The van der Waals surface area contributed by atoms with Gasteiger partial charge in [-0.05, 0) is 24.1 Å². The summed E-state index contributed by atoms with van der Waals surface area (Å²) in [5.74, 6) is 0.938. The Bertz CT molecular complexity index is 1020. The van der Waals surface area contributed by atoms with E-state index in [-0.39, 0.29) is 29.9 Å². The van der Waals surface area contributed by atoms with E-state index < -0.39 is 0 Å². The first-order chi connectivity index (χ1) is 14.7. The Hall–Kier alpha value is -2.46. The van der Waals surface area contributed by atoms with Gasteiger partial charge in [0, 0.05) is 43.2 Å². The third-order valence-corrected chi connectivity index (χ3v) is 5.88. The van der Waals surface area contributed by atoms with Gasteiger partial charge in [0.05, 0.1) is 12.2 Å². The van der Waals surface area contributed by atoms with Gasteiger partial charge in [0.2, 0.25) is 5.91 Å².